The molecule has 3 aliphatic rings. The summed E-state index contributed by atoms with van der Waals surface area (Å²) in [5.41, 5.74) is 2.65. The topological polar surface area (TPSA) is 9.23 Å². The van der Waals surface area contributed by atoms with Crippen molar-refractivity contribution in [1.29, 1.82) is 0 Å². The largest absolute Gasteiger partial charge is 0.490 e. The van der Waals surface area contributed by atoms with Gasteiger partial charge in [-0.05, 0) is 61.1 Å². The van der Waals surface area contributed by atoms with Gasteiger partial charge in [0.2, 0.25) is 0 Å². The number of fused-ring (bicyclic) bond motifs is 2. The summed E-state index contributed by atoms with van der Waals surface area (Å²) in [6.07, 6.45) is 5.52. The quantitative estimate of drug-likeness (QED) is 0.721. The standard InChI is InChI=1S/C16H19ClO/c1-9-4-13-5-10(2-3-15(13)18-9)16(17)14-7-11-6-12(11)8-14/h2-3,5,9,11-12,14,16H,4,6-8H2,1H3. The molecule has 0 amide bonds. The van der Waals surface area contributed by atoms with E-state index >= 15 is 0 Å². The first-order valence-corrected chi connectivity index (χ1v) is 7.58. The van der Waals surface area contributed by atoms with Gasteiger partial charge in [-0.1, -0.05) is 12.1 Å². The normalized spacial score (nSPS) is 37.9. The zero-order chi connectivity index (χ0) is 12.3. The summed E-state index contributed by atoms with van der Waals surface area (Å²) in [6.45, 7) is 2.13. The van der Waals surface area contributed by atoms with Gasteiger partial charge in [0.25, 0.3) is 0 Å². The van der Waals surface area contributed by atoms with Gasteiger partial charge in [-0.15, -0.1) is 11.6 Å². The summed E-state index contributed by atoms with van der Waals surface area (Å²) < 4.78 is 5.75. The van der Waals surface area contributed by atoms with E-state index in [4.69, 9.17) is 16.3 Å². The van der Waals surface area contributed by atoms with Gasteiger partial charge in [0.15, 0.2) is 0 Å². The molecular weight excluding hydrogens is 244 g/mol. The minimum atomic E-state index is 0.207. The molecule has 0 spiro atoms. The van der Waals surface area contributed by atoms with Gasteiger partial charge in [-0.25, -0.2) is 0 Å². The van der Waals surface area contributed by atoms with Crippen molar-refractivity contribution in [1.82, 2.24) is 0 Å². The van der Waals surface area contributed by atoms with Crippen molar-refractivity contribution in [2.24, 2.45) is 17.8 Å². The molecule has 0 saturated heterocycles. The van der Waals surface area contributed by atoms with Crippen molar-refractivity contribution in [3.05, 3.63) is 29.3 Å². The van der Waals surface area contributed by atoms with Crippen molar-refractivity contribution >= 4 is 11.6 Å². The van der Waals surface area contributed by atoms with Crippen LogP contribution in [0.2, 0.25) is 0 Å². The van der Waals surface area contributed by atoms with Gasteiger partial charge in [0.05, 0.1) is 5.38 Å². The van der Waals surface area contributed by atoms with Crippen LogP contribution in [0.5, 0.6) is 5.75 Å². The van der Waals surface area contributed by atoms with Gasteiger partial charge < -0.3 is 4.74 Å². The Bertz CT molecular complexity index is 474. The summed E-state index contributed by atoms with van der Waals surface area (Å²) in [5.74, 6) is 3.78. The molecule has 18 heavy (non-hydrogen) atoms. The Morgan fingerprint density at radius 3 is 2.78 bits per heavy atom. The van der Waals surface area contributed by atoms with Crippen LogP contribution < -0.4 is 4.74 Å². The van der Waals surface area contributed by atoms with Crippen LogP contribution in [0, 0.1) is 17.8 Å². The summed E-state index contributed by atoms with van der Waals surface area (Å²) in [5, 5.41) is 0.207. The molecule has 2 saturated carbocycles. The first-order valence-electron chi connectivity index (χ1n) is 7.14. The lowest BCUT2D eigenvalue weighted by Gasteiger charge is -2.19. The van der Waals surface area contributed by atoms with E-state index < -0.39 is 0 Å². The molecule has 1 nitrogen and oxygen atoms in total. The summed E-state index contributed by atoms with van der Waals surface area (Å²) >= 11 is 6.70. The van der Waals surface area contributed by atoms with Crippen molar-refractivity contribution < 1.29 is 4.74 Å². The van der Waals surface area contributed by atoms with Crippen LogP contribution >= 0.6 is 11.6 Å². The van der Waals surface area contributed by atoms with Crippen LogP contribution in [0.1, 0.15) is 42.7 Å². The number of benzene rings is 1. The molecule has 1 aliphatic heterocycles. The number of rotatable bonds is 2. The highest BCUT2D eigenvalue weighted by molar-refractivity contribution is 6.21. The SMILES string of the molecule is CC1Cc2cc(C(Cl)C3CC4CC4C3)ccc2O1. The molecule has 4 rings (SSSR count). The molecule has 96 valence electrons. The number of halogens is 1. The van der Waals surface area contributed by atoms with Crippen LogP contribution in [0.4, 0.5) is 0 Å². The van der Waals surface area contributed by atoms with Crippen molar-refractivity contribution in [2.45, 2.75) is 44.1 Å². The smallest absolute Gasteiger partial charge is 0.123 e. The van der Waals surface area contributed by atoms with E-state index in [1.165, 1.54) is 30.4 Å². The Morgan fingerprint density at radius 2 is 2.00 bits per heavy atom. The van der Waals surface area contributed by atoms with E-state index in [1.54, 1.807) is 0 Å². The molecule has 2 heteroatoms. The zero-order valence-corrected chi connectivity index (χ0v) is 11.5. The highest BCUT2D eigenvalue weighted by atomic mass is 35.5. The summed E-state index contributed by atoms with van der Waals surface area (Å²) in [7, 11) is 0. The van der Waals surface area contributed by atoms with Gasteiger partial charge in [0.1, 0.15) is 11.9 Å². The minimum Gasteiger partial charge on any atom is -0.490 e. The molecule has 0 bridgehead atoms. The Morgan fingerprint density at radius 1 is 1.22 bits per heavy atom. The summed E-state index contributed by atoms with van der Waals surface area (Å²) in [6, 6.07) is 6.55. The fraction of sp³-hybridized carbons (Fsp3) is 0.625. The molecule has 0 radical (unpaired) electrons. The van der Waals surface area contributed by atoms with E-state index in [-0.39, 0.29) is 5.38 Å². The van der Waals surface area contributed by atoms with Crippen LogP contribution in [0.15, 0.2) is 18.2 Å². The Labute approximate surface area is 113 Å². The molecule has 1 heterocycles. The van der Waals surface area contributed by atoms with Crippen molar-refractivity contribution in [3.8, 4) is 5.75 Å². The minimum absolute atomic E-state index is 0.207. The maximum Gasteiger partial charge on any atom is 0.123 e. The second kappa shape index (κ2) is 3.90. The van der Waals surface area contributed by atoms with Gasteiger partial charge in [-0.3, -0.25) is 0 Å². The first-order chi connectivity index (χ1) is 8.70. The second-order valence-electron chi connectivity index (χ2n) is 6.39. The third-order valence-corrected chi connectivity index (χ3v) is 5.54. The molecule has 2 aliphatic carbocycles. The fourth-order valence-corrected chi connectivity index (χ4v) is 4.23. The molecule has 0 N–H and O–H groups in total. The van der Waals surface area contributed by atoms with Gasteiger partial charge >= 0.3 is 0 Å². The van der Waals surface area contributed by atoms with Crippen molar-refractivity contribution in [3.63, 3.8) is 0 Å². The zero-order valence-electron chi connectivity index (χ0n) is 10.7. The lowest BCUT2D eigenvalue weighted by atomic mass is 9.93. The van der Waals surface area contributed by atoms with Crippen LogP contribution in [0.3, 0.4) is 0 Å². The van der Waals surface area contributed by atoms with E-state index in [9.17, 15) is 0 Å². The maximum absolute atomic E-state index is 6.70. The Kier molecular flexibility index (Phi) is 2.42. The van der Waals surface area contributed by atoms with E-state index in [2.05, 4.69) is 25.1 Å². The van der Waals surface area contributed by atoms with Crippen LogP contribution in [0.25, 0.3) is 0 Å². The predicted octanol–water partition coefficient (Wildman–Crippen LogP) is 4.34. The number of ether oxygens (including phenoxy) is 1. The van der Waals surface area contributed by atoms with Crippen molar-refractivity contribution in [2.75, 3.05) is 0 Å². The monoisotopic (exact) mass is 262 g/mol. The molecular formula is C16H19ClO. The fourth-order valence-electron chi connectivity index (χ4n) is 3.89. The first kappa shape index (κ1) is 11.2. The highest BCUT2D eigenvalue weighted by Crippen LogP contribution is 2.58. The molecule has 2 fully saturated rings. The van der Waals surface area contributed by atoms with Gasteiger partial charge in [0, 0.05) is 6.42 Å². The van der Waals surface area contributed by atoms with Gasteiger partial charge in [-0.2, -0.15) is 0 Å². The lowest BCUT2D eigenvalue weighted by molar-refractivity contribution is 0.254. The van der Waals surface area contributed by atoms with E-state index in [1.807, 2.05) is 0 Å². The number of hydrogen-bond acceptors (Lipinski definition) is 1. The predicted molar refractivity (Wildman–Crippen MR) is 73.2 cm³/mol. The maximum atomic E-state index is 6.70. The molecule has 4 atom stereocenters. The molecule has 1 aromatic carbocycles. The number of alkyl halides is 1. The molecule has 1 aromatic rings. The third-order valence-electron chi connectivity index (χ3n) is 4.93. The summed E-state index contributed by atoms with van der Waals surface area (Å²) in [4.78, 5) is 0. The lowest BCUT2D eigenvalue weighted by Crippen LogP contribution is -2.06. The molecule has 4 unspecified atom stereocenters. The van der Waals surface area contributed by atoms with Crippen LogP contribution in [-0.2, 0) is 6.42 Å². The Hall–Kier alpha value is -0.690. The third kappa shape index (κ3) is 1.75. The number of hydrogen-bond donors (Lipinski definition) is 0. The molecule has 0 aromatic heterocycles. The van der Waals surface area contributed by atoms with Crippen LogP contribution in [-0.4, -0.2) is 6.10 Å². The van der Waals surface area contributed by atoms with E-state index in [0.717, 1.165) is 24.0 Å². The Balaban J connectivity index is 1.56. The average molecular weight is 263 g/mol. The van der Waals surface area contributed by atoms with E-state index in [0.29, 0.717) is 12.0 Å². The second-order valence-corrected chi connectivity index (χ2v) is 6.86. The average Bonchev–Trinajstić information content (AvgIpc) is 2.82. The highest BCUT2D eigenvalue weighted by Gasteiger charge is 2.47.